The van der Waals surface area contributed by atoms with E-state index < -0.39 is 5.82 Å². The van der Waals surface area contributed by atoms with Gasteiger partial charge in [-0.15, -0.1) is 5.12 Å². The fourth-order valence-corrected chi connectivity index (χ4v) is 1.85. The molecule has 0 aromatic carbocycles. The quantitative estimate of drug-likeness (QED) is 0.825. The van der Waals surface area contributed by atoms with Crippen LogP contribution in [0.4, 0.5) is 21.7 Å². The van der Waals surface area contributed by atoms with Gasteiger partial charge >= 0.3 is 0 Å². The molecule has 0 spiro atoms. The highest BCUT2D eigenvalue weighted by Gasteiger charge is 2.27. The zero-order valence-electron chi connectivity index (χ0n) is 9.92. The topological polar surface area (TPSA) is 57.2 Å². The summed E-state index contributed by atoms with van der Waals surface area (Å²) in [5, 5.41) is 3.47. The van der Waals surface area contributed by atoms with Gasteiger partial charge in [0.15, 0.2) is 5.82 Å². The molecule has 6 nitrogen and oxygen atoms in total. The Balaban J connectivity index is 2.08. The van der Waals surface area contributed by atoms with Crippen molar-refractivity contribution in [2.45, 2.75) is 6.92 Å². The van der Waals surface area contributed by atoms with Crippen LogP contribution in [0, 0.1) is 12.7 Å². The minimum atomic E-state index is -0.459. The Hall–Kier alpha value is -2.28. The Kier molecular flexibility index (Phi) is 2.34. The van der Waals surface area contributed by atoms with Crippen LogP contribution in [0.2, 0.25) is 0 Å². The number of nitrogens with zero attached hydrogens (tertiary/aromatic N) is 5. The first kappa shape index (κ1) is 10.8. The summed E-state index contributed by atoms with van der Waals surface area (Å²) in [5.74, 6) is -0.0598. The number of fused-ring (bicyclic) bond motifs is 1. The summed E-state index contributed by atoms with van der Waals surface area (Å²) in [7, 11) is 1.82. The molecule has 0 aliphatic carbocycles. The molecule has 0 atom stereocenters. The molecule has 7 heteroatoms. The molecular formula is C11H11FN6. The van der Waals surface area contributed by atoms with Gasteiger partial charge in [0.2, 0.25) is 5.95 Å². The molecule has 0 bridgehead atoms. The predicted molar refractivity (Wildman–Crippen MR) is 64.5 cm³/mol. The minimum Gasteiger partial charge on any atom is -0.297 e. The fraction of sp³-hybridized carbons (Fsp3) is 0.182. The molecule has 3 rings (SSSR count). The van der Waals surface area contributed by atoms with Gasteiger partial charge in [-0.05, 0) is 13.0 Å². The number of pyridine rings is 1. The van der Waals surface area contributed by atoms with E-state index in [2.05, 4.69) is 20.4 Å². The Morgan fingerprint density at radius 2 is 1.89 bits per heavy atom. The summed E-state index contributed by atoms with van der Waals surface area (Å²) in [5.41, 5.74) is 5.74. The number of aromatic nitrogens is 3. The van der Waals surface area contributed by atoms with Crippen molar-refractivity contribution in [3.8, 4) is 0 Å². The lowest BCUT2D eigenvalue weighted by Gasteiger charge is -2.23. The molecule has 0 saturated heterocycles. The second kappa shape index (κ2) is 3.88. The van der Waals surface area contributed by atoms with Crippen molar-refractivity contribution in [1.82, 2.24) is 20.1 Å². The van der Waals surface area contributed by atoms with Crippen LogP contribution in [0.5, 0.6) is 0 Å². The van der Waals surface area contributed by atoms with Crippen LogP contribution >= 0.6 is 0 Å². The van der Waals surface area contributed by atoms with Gasteiger partial charge < -0.3 is 0 Å². The van der Waals surface area contributed by atoms with Crippen molar-refractivity contribution in [3.63, 3.8) is 0 Å². The molecule has 1 N–H and O–H groups in total. The molecule has 1 aliphatic rings. The zero-order chi connectivity index (χ0) is 12.7. The first-order valence-electron chi connectivity index (χ1n) is 5.40. The maximum absolute atomic E-state index is 12.8. The first-order valence-corrected chi connectivity index (χ1v) is 5.40. The molecule has 0 unspecified atom stereocenters. The highest BCUT2D eigenvalue weighted by Crippen LogP contribution is 2.36. The Morgan fingerprint density at radius 3 is 2.61 bits per heavy atom. The third-order valence-electron chi connectivity index (χ3n) is 2.63. The normalized spacial score (nSPS) is 14.5. The second-order valence-corrected chi connectivity index (χ2v) is 3.99. The van der Waals surface area contributed by atoms with Crippen LogP contribution in [0.3, 0.4) is 0 Å². The van der Waals surface area contributed by atoms with Gasteiger partial charge in [-0.25, -0.2) is 19.4 Å². The van der Waals surface area contributed by atoms with Crippen molar-refractivity contribution >= 4 is 17.3 Å². The number of hydrazine groups is 2. The van der Waals surface area contributed by atoms with Crippen LogP contribution in [-0.4, -0.2) is 27.1 Å². The summed E-state index contributed by atoms with van der Waals surface area (Å²) >= 11 is 0. The minimum absolute atomic E-state index is 0.399. The van der Waals surface area contributed by atoms with Crippen molar-refractivity contribution < 1.29 is 4.39 Å². The molecule has 18 heavy (non-hydrogen) atoms. The molecule has 1 aliphatic heterocycles. The van der Waals surface area contributed by atoms with Gasteiger partial charge in [0.25, 0.3) is 0 Å². The SMILES string of the molecule is Cc1cc2c(cn1)NN(C)N2c1ncc(F)cn1. The Morgan fingerprint density at radius 1 is 1.17 bits per heavy atom. The lowest BCUT2D eigenvalue weighted by molar-refractivity contribution is 0.424. The van der Waals surface area contributed by atoms with Gasteiger partial charge in [0.05, 0.1) is 30.0 Å². The second-order valence-electron chi connectivity index (χ2n) is 3.99. The molecular weight excluding hydrogens is 235 g/mol. The smallest absolute Gasteiger partial charge is 0.246 e. The maximum atomic E-state index is 12.8. The summed E-state index contributed by atoms with van der Waals surface area (Å²) in [4.78, 5) is 12.2. The Labute approximate surface area is 103 Å². The molecule has 0 saturated carbocycles. The van der Waals surface area contributed by atoms with Gasteiger partial charge in [0.1, 0.15) is 0 Å². The average Bonchev–Trinajstić information content (AvgIpc) is 2.66. The highest BCUT2D eigenvalue weighted by molar-refractivity contribution is 5.76. The van der Waals surface area contributed by atoms with Crippen molar-refractivity contribution in [2.75, 3.05) is 17.5 Å². The fourth-order valence-electron chi connectivity index (χ4n) is 1.85. The first-order chi connectivity index (χ1) is 8.65. The summed E-state index contributed by atoms with van der Waals surface area (Å²) in [6.45, 7) is 1.91. The lowest BCUT2D eigenvalue weighted by Crippen LogP contribution is -2.35. The highest BCUT2D eigenvalue weighted by atomic mass is 19.1. The van der Waals surface area contributed by atoms with Gasteiger partial charge in [-0.1, -0.05) is 0 Å². The zero-order valence-corrected chi connectivity index (χ0v) is 9.92. The van der Waals surface area contributed by atoms with Crippen LogP contribution in [-0.2, 0) is 0 Å². The van der Waals surface area contributed by atoms with E-state index in [1.54, 1.807) is 16.3 Å². The van der Waals surface area contributed by atoms with Crippen molar-refractivity contribution in [2.24, 2.45) is 0 Å². The van der Waals surface area contributed by atoms with E-state index in [4.69, 9.17) is 0 Å². The number of rotatable bonds is 1. The predicted octanol–water partition coefficient (Wildman–Crippen LogP) is 1.64. The summed E-state index contributed by atoms with van der Waals surface area (Å²) in [6.07, 6.45) is 4.02. The number of aryl methyl sites for hydroxylation is 1. The monoisotopic (exact) mass is 246 g/mol. The van der Waals surface area contributed by atoms with E-state index in [1.807, 2.05) is 20.0 Å². The molecule has 3 heterocycles. The Bertz CT molecular complexity index is 585. The van der Waals surface area contributed by atoms with Gasteiger partial charge in [-0.3, -0.25) is 10.4 Å². The molecule has 0 radical (unpaired) electrons. The van der Waals surface area contributed by atoms with Crippen LogP contribution < -0.4 is 10.4 Å². The van der Waals surface area contributed by atoms with E-state index in [0.29, 0.717) is 5.95 Å². The van der Waals surface area contributed by atoms with Crippen LogP contribution in [0.15, 0.2) is 24.7 Å². The summed E-state index contributed by atoms with van der Waals surface area (Å²) < 4.78 is 12.8. The van der Waals surface area contributed by atoms with Gasteiger partial charge in [-0.2, -0.15) is 0 Å². The van der Waals surface area contributed by atoms with Gasteiger partial charge in [0, 0.05) is 12.7 Å². The maximum Gasteiger partial charge on any atom is 0.246 e. The number of hydrogen-bond acceptors (Lipinski definition) is 6. The number of halogens is 1. The number of nitrogens with one attached hydrogen (secondary N) is 1. The number of hydrogen-bond donors (Lipinski definition) is 1. The third-order valence-corrected chi connectivity index (χ3v) is 2.63. The van der Waals surface area contributed by atoms with Crippen LogP contribution in [0.25, 0.3) is 0 Å². The van der Waals surface area contributed by atoms with E-state index in [0.717, 1.165) is 29.5 Å². The largest absolute Gasteiger partial charge is 0.297 e. The molecule has 0 fully saturated rings. The molecule has 2 aromatic rings. The van der Waals surface area contributed by atoms with Crippen molar-refractivity contribution in [3.05, 3.63) is 36.2 Å². The van der Waals surface area contributed by atoms with E-state index in [1.165, 1.54) is 0 Å². The standard InChI is InChI=1S/C11H11FN6/c1-7-3-10-9(6-13-7)16-17(2)18(10)11-14-4-8(12)5-15-11/h3-6,16H,1-2H3. The van der Waals surface area contributed by atoms with Crippen LogP contribution in [0.1, 0.15) is 5.69 Å². The molecule has 2 aromatic heterocycles. The summed E-state index contributed by atoms with van der Waals surface area (Å²) in [6, 6.07) is 1.92. The molecule has 0 amide bonds. The average molecular weight is 246 g/mol. The van der Waals surface area contributed by atoms with E-state index in [-0.39, 0.29) is 0 Å². The van der Waals surface area contributed by atoms with Crippen molar-refractivity contribution in [1.29, 1.82) is 0 Å². The number of anilines is 3. The lowest BCUT2D eigenvalue weighted by atomic mass is 10.3. The third kappa shape index (κ3) is 1.65. The van der Waals surface area contributed by atoms with E-state index >= 15 is 0 Å². The van der Waals surface area contributed by atoms with E-state index in [9.17, 15) is 4.39 Å². The molecule has 92 valence electrons.